The van der Waals surface area contributed by atoms with Crippen molar-refractivity contribution in [3.05, 3.63) is 69.3 Å². The molecule has 0 saturated heterocycles. The van der Waals surface area contributed by atoms with Gasteiger partial charge in [-0.15, -0.1) is 11.3 Å². The maximum Gasteiger partial charge on any atom is 0.410 e. The molecule has 3 heterocycles. The molecule has 0 fully saturated rings. The molecule has 0 bridgehead atoms. The number of hydrogen-bond acceptors (Lipinski definition) is 7. The summed E-state index contributed by atoms with van der Waals surface area (Å²) in [4.78, 5) is 25.5. The van der Waals surface area contributed by atoms with Crippen LogP contribution in [0.1, 0.15) is 36.8 Å². The Morgan fingerprint density at radius 3 is 2.75 bits per heavy atom. The van der Waals surface area contributed by atoms with Gasteiger partial charge in [-0.05, 0) is 81.6 Å². The summed E-state index contributed by atoms with van der Waals surface area (Å²) >= 11 is 5.09. The zero-order chi connectivity index (χ0) is 25.4. The average molecular weight is 568 g/mol. The Balaban J connectivity index is 1.37. The van der Waals surface area contributed by atoms with E-state index < -0.39 is 5.60 Å². The predicted molar refractivity (Wildman–Crippen MR) is 146 cm³/mol. The second-order valence-electron chi connectivity index (χ2n) is 9.72. The molecule has 7 nitrogen and oxygen atoms in total. The maximum atomic E-state index is 12.6. The van der Waals surface area contributed by atoms with Crippen LogP contribution in [0.2, 0.25) is 0 Å². The number of benzene rings is 2. The SMILES string of the molecule is Cc1cc(Nc2ncnc3sc4c(c23)CCN(C(=O)OC(C)(C)C)C4)ccc1Oc1cccc(Br)c1. The minimum Gasteiger partial charge on any atom is -0.457 e. The summed E-state index contributed by atoms with van der Waals surface area (Å²) in [5.74, 6) is 2.33. The molecule has 9 heteroatoms. The summed E-state index contributed by atoms with van der Waals surface area (Å²) in [6.45, 7) is 8.79. The number of thiophene rings is 1. The Kier molecular flexibility index (Phi) is 6.61. The Morgan fingerprint density at radius 2 is 2.00 bits per heavy atom. The van der Waals surface area contributed by atoms with Crippen LogP contribution in [0.5, 0.6) is 11.5 Å². The predicted octanol–water partition coefficient (Wildman–Crippen LogP) is 7.59. The molecule has 0 unspecified atom stereocenters. The number of hydrogen-bond donors (Lipinski definition) is 1. The summed E-state index contributed by atoms with van der Waals surface area (Å²) in [6, 6.07) is 13.8. The van der Waals surface area contributed by atoms with Gasteiger partial charge in [0.2, 0.25) is 0 Å². The van der Waals surface area contributed by atoms with Gasteiger partial charge in [-0.1, -0.05) is 22.0 Å². The molecular formula is C27H27BrN4O3S. The van der Waals surface area contributed by atoms with Crippen LogP contribution in [0.4, 0.5) is 16.3 Å². The van der Waals surface area contributed by atoms with Crippen molar-refractivity contribution in [1.29, 1.82) is 0 Å². The zero-order valence-corrected chi connectivity index (χ0v) is 23.0. The number of nitrogens with zero attached hydrogens (tertiary/aromatic N) is 3. The van der Waals surface area contributed by atoms with Crippen LogP contribution in [0.25, 0.3) is 10.2 Å². The molecule has 4 aromatic rings. The van der Waals surface area contributed by atoms with Crippen LogP contribution < -0.4 is 10.1 Å². The molecule has 0 radical (unpaired) electrons. The third-order valence-corrected chi connectivity index (χ3v) is 7.37. The fourth-order valence-electron chi connectivity index (χ4n) is 4.14. The van der Waals surface area contributed by atoms with Gasteiger partial charge in [0.05, 0.1) is 11.9 Å². The van der Waals surface area contributed by atoms with Gasteiger partial charge in [-0.3, -0.25) is 0 Å². The molecule has 186 valence electrons. The molecule has 36 heavy (non-hydrogen) atoms. The summed E-state index contributed by atoms with van der Waals surface area (Å²) in [5.41, 5.74) is 2.60. The van der Waals surface area contributed by atoms with E-state index in [2.05, 4.69) is 31.2 Å². The fraction of sp³-hybridized carbons (Fsp3) is 0.296. The molecule has 0 aliphatic carbocycles. The molecule has 0 saturated carbocycles. The zero-order valence-electron chi connectivity index (χ0n) is 20.6. The molecule has 0 spiro atoms. The van der Waals surface area contributed by atoms with Gasteiger partial charge in [0.25, 0.3) is 0 Å². The highest BCUT2D eigenvalue weighted by molar-refractivity contribution is 9.10. The van der Waals surface area contributed by atoms with E-state index in [1.807, 2.05) is 70.2 Å². The van der Waals surface area contributed by atoms with Crippen LogP contribution in [-0.4, -0.2) is 33.1 Å². The summed E-state index contributed by atoms with van der Waals surface area (Å²) in [5, 5.41) is 4.50. The lowest BCUT2D eigenvalue weighted by atomic mass is 10.1. The minimum atomic E-state index is -0.517. The quantitative estimate of drug-likeness (QED) is 0.274. The number of aryl methyl sites for hydroxylation is 1. The van der Waals surface area contributed by atoms with E-state index in [-0.39, 0.29) is 6.09 Å². The maximum absolute atomic E-state index is 12.6. The smallest absolute Gasteiger partial charge is 0.410 e. The standard InChI is InChI=1S/C27H27BrN4O3S/c1-16-12-18(8-9-21(16)34-19-7-5-6-17(28)13-19)31-24-23-20-10-11-32(26(33)35-27(2,3)4)14-22(20)36-25(23)30-15-29-24/h5-9,12-13,15H,10-11,14H2,1-4H3,(H,29,30,31). The topological polar surface area (TPSA) is 76.6 Å². The molecule has 1 N–H and O–H groups in total. The highest BCUT2D eigenvalue weighted by atomic mass is 79.9. The minimum absolute atomic E-state index is 0.282. The number of halogens is 1. The van der Waals surface area contributed by atoms with E-state index in [0.717, 1.165) is 54.6 Å². The Bertz CT molecular complexity index is 1450. The van der Waals surface area contributed by atoms with Crippen molar-refractivity contribution < 1.29 is 14.3 Å². The number of ether oxygens (including phenoxy) is 2. The second-order valence-corrected chi connectivity index (χ2v) is 11.7. The number of carbonyl (C=O) groups is 1. The van der Waals surface area contributed by atoms with Crippen molar-refractivity contribution >= 4 is 55.1 Å². The lowest BCUT2D eigenvalue weighted by molar-refractivity contribution is 0.0227. The molecule has 2 aromatic heterocycles. The van der Waals surface area contributed by atoms with Gasteiger partial charge < -0.3 is 19.7 Å². The third kappa shape index (κ3) is 5.32. The number of fused-ring (bicyclic) bond motifs is 3. The second kappa shape index (κ2) is 9.71. The summed E-state index contributed by atoms with van der Waals surface area (Å²) in [7, 11) is 0. The van der Waals surface area contributed by atoms with Crippen molar-refractivity contribution in [1.82, 2.24) is 14.9 Å². The van der Waals surface area contributed by atoms with Gasteiger partial charge >= 0.3 is 6.09 Å². The normalized spacial score (nSPS) is 13.4. The first-order valence-corrected chi connectivity index (χ1v) is 13.3. The van der Waals surface area contributed by atoms with E-state index in [9.17, 15) is 4.79 Å². The van der Waals surface area contributed by atoms with Crippen molar-refractivity contribution in [3.63, 3.8) is 0 Å². The molecule has 1 aliphatic rings. The van der Waals surface area contributed by atoms with Gasteiger partial charge in [0.15, 0.2) is 0 Å². The van der Waals surface area contributed by atoms with Gasteiger partial charge in [0, 0.05) is 21.6 Å². The lowest BCUT2D eigenvalue weighted by Gasteiger charge is -2.30. The number of aromatic nitrogens is 2. The number of carbonyl (C=O) groups excluding carboxylic acids is 1. The van der Waals surface area contributed by atoms with E-state index in [4.69, 9.17) is 9.47 Å². The first-order chi connectivity index (χ1) is 17.2. The molecule has 1 amide bonds. The summed E-state index contributed by atoms with van der Waals surface area (Å²) < 4.78 is 12.6. The van der Waals surface area contributed by atoms with Gasteiger partial charge in [-0.2, -0.15) is 0 Å². The first-order valence-electron chi connectivity index (χ1n) is 11.7. The number of amides is 1. The molecule has 5 rings (SSSR count). The van der Waals surface area contributed by atoms with Crippen molar-refractivity contribution in [3.8, 4) is 11.5 Å². The van der Waals surface area contributed by atoms with E-state index in [0.29, 0.717) is 13.1 Å². The van der Waals surface area contributed by atoms with Crippen LogP contribution in [-0.2, 0) is 17.7 Å². The van der Waals surface area contributed by atoms with E-state index in [1.54, 1.807) is 22.6 Å². The van der Waals surface area contributed by atoms with Gasteiger partial charge in [-0.25, -0.2) is 14.8 Å². The third-order valence-electron chi connectivity index (χ3n) is 5.75. The fourth-order valence-corrected chi connectivity index (χ4v) is 5.72. The Labute approximate surface area is 222 Å². The highest BCUT2D eigenvalue weighted by Gasteiger charge is 2.29. The Hall–Kier alpha value is -3.17. The first kappa shape index (κ1) is 24.5. The lowest BCUT2D eigenvalue weighted by Crippen LogP contribution is -2.39. The highest BCUT2D eigenvalue weighted by Crippen LogP contribution is 2.39. The molecule has 2 aromatic carbocycles. The van der Waals surface area contributed by atoms with Crippen molar-refractivity contribution in [2.45, 2.75) is 46.3 Å². The number of anilines is 2. The Morgan fingerprint density at radius 1 is 1.17 bits per heavy atom. The number of rotatable bonds is 4. The van der Waals surface area contributed by atoms with E-state index >= 15 is 0 Å². The van der Waals surface area contributed by atoms with Crippen LogP contribution >= 0.6 is 27.3 Å². The van der Waals surface area contributed by atoms with Crippen LogP contribution in [0, 0.1) is 6.92 Å². The average Bonchev–Trinajstić information content (AvgIpc) is 3.18. The largest absolute Gasteiger partial charge is 0.457 e. The van der Waals surface area contributed by atoms with Crippen molar-refractivity contribution in [2.75, 3.05) is 11.9 Å². The van der Waals surface area contributed by atoms with Gasteiger partial charge in [0.1, 0.15) is 34.1 Å². The summed E-state index contributed by atoms with van der Waals surface area (Å²) in [6.07, 6.45) is 2.03. The molecule has 0 atom stereocenters. The van der Waals surface area contributed by atoms with Crippen molar-refractivity contribution in [2.24, 2.45) is 0 Å². The van der Waals surface area contributed by atoms with Crippen LogP contribution in [0.15, 0.2) is 53.3 Å². The number of nitrogens with one attached hydrogen (secondary N) is 1. The van der Waals surface area contributed by atoms with Crippen LogP contribution in [0.3, 0.4) is 0 Å². The molecule has 1 aliphatic heterocycles. The molecular weight excluding hydrogens is 540 g/mol. The monoisotopic (exact) mass is 566 g/mol. The van der Waals surface area contributed by atoms with E-state index in [1.165, 1.54) is 5.56 Å².